The Morgan fingerprint density at radius 1 is 1.16 bits per heavy atom. The first-order valence-corrected chi connectivity index (χ1v) is 6.50. The molecule has 2 aliphatic carbocycles. The van der Waals surface area contributed by atoms with E-state index in [1.165, 1.54) is 13.8 Å². The maximum absolute atomic E-state index is 11.7. The van der Waals surface area contributed by atoms with Gasteiger partial charge in [-0.3, -0.25) is 14.4 Å². The topological polar surface area (TPSA) is 78.9 Å². The molecule has 3 aliphatic rings. The fourth-order valence-electron chi connectivity index (χ4n) is 4.02. The predicted octanol–water partition coefficient (Wildman–Crippen LogP) is 0.289. The Bertz CT molecular complexity index is 444. The molecule has 0 unspecified atom stereocenters. The fourth-order valence-corrected chi connectivity index (χ4v) is 4.02. The van der Waals surface area contributed by atoms with E-state index in [9.17, 15) is 14.4 Å². The summed E-state index contributed by atoms with van der Waals surface area (Å²) in [5.41, 5.74) is 0. The molecule has 6 heteroatoms. The highest BCUT2D eigenvalue weighted by molar-refractivity contribution is 5.77. The molecule has 0 aromatic heterocycles. The molecule has 6 nitrogen and oxygen atoms in total. The molecule has 3 fully saturated rings. The van der Waals surface area contributed by atoms with Gasteiger partial charge in [-0.25, -0.2) is 0 Å². The van der Waals surface area contributed by atoms with Gasteiger partial charge >= 0.3 is 17.9 Å². The molecule has 0 aromatic carbocycles. The standard InChI is InChI=1S/C13H16O6/c1-5(14)18-9-3-7-10-8(4-17-13(10)16)11(9)12(7)19-6(2)15/h7-12H,3-4H2,1-2H3/t7-,8+,9-,10-,11+,12-/m1/s1. The Kier molecular flexibility index (Phi) is 2.76. The van der Waals surface area contributed by atoms with Crippen molar-refractivity contribution in [3.8, 4) is 0 Å². The predicted molar refractivity (Wildman–Crippen MR) is 60.6 cm³/mol. The van der Waals surface area contributed by atoms with Crippen molar-refractivity contribution in [2.24, 2.45) is 23.7 Å². The first kappa shape index (κ1) is 12.4. The van der Waals surface area contributed by atoms with Gasteiger partial charge in [-0.15, -0.1) is 0 Å². The number of hydrogen-bond acceptors (Lipinski definition) is 6. The summed E-state index contributed by atoms with van der Waals surface area (Å²) in [6.45, 7) is 3.05. The molecule has 0 spiro atoms. The second-order valence-electron chi connectivity index (χ2n) is 5.52. The second-order valence-corrected chi connectivity index (χ2v) is 5.52. The van der Waals surface area contributed by atoms with Gasteiger partial charge in [-0.1, -0.05) is 0 Å². The van der Waals surface area contributed by atoms with Crippen LogP contribution in [0.2, 0.25) is 0 Å². The highest BCUT2D eigenvalue weighted by atomic mass is 16.6. The molecular weight excluding hydrogens is 252 g/mol. The zero-order valence-corrected chi connectivity index (χ0v) is 10.8. The second kappa shape index (κ2) is 4.21. The van der Waals surface area contributed by atoms with Crippen molar-refractivity contribution in [3.05, 3.63) is 0 Å². The SMILES string of the molecule is CC(=O)O[C@@H]1[C@@H]2C[C@@H](OC(C)=O)[C@@H]1[C@H]1COC(=O)[C@H]21. The number of fused-ring (bicyclic) bond motifs is 5. The zero-order chi connectivity index (χ0) is 13.7. The zero-order valence-electron chi connectivity index (χ0n) is 10.8. The summed E-state index contributed by atoms with van der Waals surface area (Å²) in [5.74, 6) is -1.33. The van der Waals surface area contributed by atoms with E-state index >= 15 is 0 Å². The largest absolute Gasteiger partial charge is 0.465 e. The average Bonchev–Trinajstić information content (AvgIpc) is 2.89. The summed E-state index contributed by atoms with van der Waals surface area (Å²) < 4.78 is 15.7. The van der Waals surface area contributed by atoms with Crippen LogP contribution in [-0.4, -0.2) is 36.7 Å². The molecule has 0 radical (unpaired) electrons. The summed E-state index contributed by atoms with van der Waals surface area (Å²) in [6, 6.07) is 0. The lowest BCUT2D eigenvalue weighted by atomic mass is 9.80. The molecule has 1 saturated heterocycles. The molecule has 2 bridgehead atoms. The van der Waals surface area contributed by atoms with Crippen LogP contribution in [0.4, 0.5) is 0 Å². The third-order valence-corrected chi connectivity index (χ3v) is 4.46. The van der Waals surface area contributed by atoms with E-state index in [0.717, 1.165) is 0 Å². The number of carbonyl (C=O) groups excluding carboxylic acids is 3. The molecule has 1 heterocycles. The van der Waals surface area contributed by atoms with Crippen molar-refractivity contribution < 1.29 is 28.6 Å². The van der Waals surface area contributed by atoms with E-state index in [1.807, 2.05) is 0 Å². The van der Waals surface area contributed by atoms with Gasteiger partial charge in [-0.2, -0.15) is 0 Å². The lowest BCUT2D eigenvalue weighted by Crippen LogP contribution is -2.35. The molecule has 0 amide bonds. The van der Waals surface area contributed by atoms with Crippen molar-refractivity contribution in [1.82, 2.24) is 0 Å². The molecule has 0 aromatic rings. The number of carbonyl (C=O) groups is 3. The summed E-state index contributed by atoms with van der Waals surface area (Å²) in [6.07, 6.45) is -0.0364. The summed E-state index contributed by atoms with van der Waals surface area (Å²) in [7, 11) is 0. The van der Waals surface area contributed by atoms with Crippen LogP contribution >= 0.6 is 0 Å². The van der Waals surface area contributed by atoms with Gasteiger partial charge in [0.25, 0.3) is 0 Å². The van der Waals surface area contributed by atoms with Crippen molar-refractivity contribution >= 4 is 17.9 Å². The van der Waals surface area contributed by atoms with Crippen LogP contribution in [0.1, 0.15) is 20.3 Å². The third-order valence-electron chi connectivity index (χ3n) is 4.46. The van der Waals surface area contributed by atoms with Gasteiger partial charge < -0.3 is 14.2 Å². The van der Waals surface area contributed by atoms with Crippen molar-refractivity contribution in [2.75, 3.05) is 6.61 Å². The summed E-state index contributed by atoms with van der Waals surface area (Å²) in [4.78, 5) is 34.1. The molecule has 19 heavy (non-hydrogen) atoms. The summed E-state index contributed by atoms with van der Waals surface area (Å²) in [5, 5.41) is 0. The van der Waals surface area contributed by atoms with Crippen LogP contribution in [0.25, 0.3) is 0 Å². The average molecular weight is 268 g/mol. The minimum absolute atomic E-state index is 0.0000463. The minimum Gasteiger partial charge on any atom is -0.465 e. The molecule has 104 valence electrons. The van der Waals surface area contributed by atoms with E-state index in [-0.39, 0.29) is 53.8 Å². The van der Waals surface area contributed by atoms with Gasteiger partial charge in [0.2, 0.25) is 0 Å². The Balaban J connectivity index is 1.85. The van der Waals surface area contributed by atoms with Crippen LogP contribution in [0, 0.1) is 23.7 Å². The van der Waals surface area contributed by atoms with Gasteiger partial charge in [0, 0.05) is 31.6 Å². The molecule has 3 rings (SSSR count). The molecule has 1 aliphatic heterocycles. The van der Waals surface area contributed by atoms with E-state index in [4.69, 9.17) is 14.2 Å². The van der Waals surface area contributed by atoms with Crippen LogP contribution in [0.5, 0.6) is 0 Å². The lowest BCUT2D eigenvalue weighted by molar-refractivity contribution is -0.155. The Morgan fingerprint density at radius 2 is 1.84 bits per heavy atom. The normalized spacial score (nSPS) is 42.7. The number of rotatable bonds is 2. The molecule has 0 N–H and O–H groups in total. The Morgan fingerprint density at radius 3 is 2.47 bits per heavy atom. The highest BCUT2D eigenvalue weighted by Crippen LogP contribution is 2.57. The van der Waals surface area contributed by atoms with E-state index < -0.39 is 0 Å². The highest BCUT2D eigenvalue weighted by Gasteiger charge is 2.66. The first-order chi connectivity index (χ1) is 8.99. The van der Waals surface area contributed by atoms with Crippen LogP contribution < -0.4 is 0 Å². The number of cyclic esters (lactones) is 1. The van der Waals surface area contributed by atoms with Gasteiger partial charge in [0.05, 0.1) is 12.5 Å². The molecular formula is C13H16O6. The van der Waals surface area contributed by atoms with E-state index in [2.05, 4.69) is 0 Å². The van der Waals surface area contributed by atoms with Crippen LogP contribution in [0.15, 0.2) is 0 Å². The number of ether oxygens (including phenoxy) is 3. The van der Waals surface area contributed by atoms with Gasteiger partial charge in [0.15, 0.2) is 0 Å². The van der Waals surface area contributed by atoms with Crippen molar-refractivity contribution in [3.63, 3.8) is 0 Å². The van der Waals surface area contributed by atoms with Crippen LogP contribution in [0.3, 0.4) is 0 Å². The monoisotopic (exact) mass is 268 g/mol. The fraction of sp³-hybridized carbons (Fsp3) is 0.769. The minimum atomic E-state index is -0.364. The maximum Gasteiger partial charge on any atom is 0.309 e. The molecule has 2 saturated carbocycles. The number of hydrogen-bond donors (Lipinski definition) is 0. The first-order valence-electron chi connectivity index (χ1n) is 6.50. The van der Waals surface area contributed by atoms with E-state index in [1.54, 1.807) is 0 Å². The molecule has 6 atom stereocenters. The Labute approximate surface area is 110 Å². The maximum atomic E-state index is 11.7. The van der Waals surface area contributed by atoms with Crippen molar-refractivity contribution in [1.29, 1.82) is 0 Å². The smallest absolute Gasteiger partial charge is 0.309 e. The van der Waals surface area contributed by atoms with Crippen molar-refractivity contribution in [2.45, 2.75) is 32.5 Å². The summed E-state index contributed by atoms with van der Waals surface area (Å²) >= 11 is 0. The number of esters is 3. The third kappa shape index (κ3) is 1.81. The lowest BCUT2D eigenvalue weighted by Gasteiger charge is -2.27. The quantitative estimate of drug-likeness (QED) is 0.529. The van der Waals surface area contributed by atoms with Crippen LogP contribution in [-0.2, 0) is 28.6 Å². The van der Waals surface area contributed by atoms with E-state index in [0.29, 0.717) is 13.0 Å². The van der Waals surface area contributed by atoms with Gasteiger partial charge in [-0.05, 0) is 6.42 Å². The Hall–Kier alpha value is -1.59. The van der Waals surface area contributed by atoms with Gasteiger partial charge in [0.1, 0.15) is 12.2 Å².